The fourth-order valence-corrected chi connectivity index (χ4v) is 5.06. The maximum absolute atomic E-state index is 14.3. The summed E-state index contributed by atoms with van der Waals surface area (Å²) in [6, 6.07) is 13.3. The first-order valence-electron chi connectivity index (χ1n) is 5.36. The van der Waals surface area contributed by atoms with Crippen LogP contribution in [0.15, 0.2) is 48.5 Å². The van der Waals surface area contributed by atoms with Crippen LogP contribution in [-0.4, -0.2) is 19.3 Å². The van der Waals surface area contributed by atoms with Crippen molar-refractivity contribution in [2.75, 3.05) is 0 Å². The van der Waals surface area contributed by atoms with Crippen LogP contribution in [0.1, 0.15) is 11.1 Å². The molecule has 0 saturated heterocycles. The second-order valence-corrected chi connectivity index (χ2v) is 9.46. The number of hydrogen-bond acceptors (Lipinski definition) is 0. The third-order valence-electron chi connectivity index (χ3n) is 2.63. The van der Waals surface area contributed by atoms with Crippen LogP contribution in [0.2, 0.25) is 0 Å². The summed E-state index contributed by atoms with van der Waals surface area (Å²) in [6.07, 6.45) is 0. The molecule has 0 radical (unpaired) electrons. The van der Waals surface area contributed by atoms with E-state index in [-0.39, 0.29) is 7.22 Å². The summed E-state index contributed by atoms with van der Waals surface area (Å²) >= 11 is -5.08. The Morgan fingerprint density at radius 3 is 1.24 bits per heavy atom. The SMILES string of the molecule is Cc1ccc([Te](F)(F)c2ccc(C)cc2)cc1. The molecule has 0 nitrogen and oxygen atoms in total. The van der Waals surface area contributed by atoms with E-state index in [1.165, 1.54) is 0 Å². The van der Waals surface area contributed by atoms with E-state index >= 15 is 0 Å². The van der Waals surface area contributed by atoms with Crippen molar-refractivity contribution in [3.8, 4) is 0 Å². The van der Waals surface area contributed by atoms with Gasteiger partial charge in [0.05, 0.1) is 0 Å². The molecule has 3 heteroatoms. The van der Waals surface area contributed by atoms with E-state index in [4.69, 9.17) is 0 Å². The second kappa shape index (κ2) is 4.76. The molecule has 0 fully saturated rings. The zero-order valence-corrected chi connectivity index (χ0v) is 12.1. The van der Waals surface area contributed by atoms with Gasteiger partial charge in [-0.15, -0.1) is 0 Å². The van der Waals surface area contributed by atoms with E-state index in [0.29, 0.717) is 0 Å². The second-order valence-electron chi connectivity index (χ2n) is 4.10. The molecule has 0 unspecified atom stereocenters. The van der Waals surface area contributed by atoms with E-state index in [1.807, 2.05) is 13.8 Å². The maximum atomic E-state index is 14.3. The molecule has 0 saturated carbocycles. The van der Waals surface area contributed by atoms with Crippen molar-refractivity contribution in [1.82, 2.24) is 0 Å². The molecule has 2 aromatic rings. The first-order valence-corrected chi connectivity index (χ1v) is 9.45. The van der Waals surface area contributed by atoms with Gasteiger partial charge < -0.3 is 0 Å². The van der Waals surface area contributed by atoms with Crippen molar-refractivity contribution in [2.24, 2.45) is 0 Å². The monoisotopic (exact) mass is 350 g/mol. The van der Waals surface area contributed by atoms with E-state index in [1.54, 1.807) is 48.5 Å². The summed E-state index contributed by atoms with van der Waals surface area (Å²) in [5.41, 5.74) is 2.02. The Labute approximate surface area is 106 Å². The minimum atomic E-state index is -5.08. The molecule has 0 bridgehead atoms. The molecule has 0 aliphatic heterocycles. The number of aryl methyl sites for hydroxylation is 2. The van der Waals surface area contributed by atoms with Crippen LogP contribution >= 0.6 is 0 Å². The molecule has 2 rings (SSSR count). The third-order valence-corrected chi connectivity index (χ3v) is 7.57. The van der Waals surface area contributed by atoms with E-state index < -0.39 is 19.3 Å². The Balaban J connectivity index is 2.41. The van der Waals surface area contributed by atoms with Gasteiger partial charge in [0.25, 0.3) is 0 Å². The van der Waals surface area contributed by atoms with Gasteiger partial charge in [0.15, 0.2) is 0 Å². The molecule has 0 aliphatic rings. The van der Waals surface area contributed by atoms with Crippen molar-refractivity contribution >= 4 is 26.5 Å². The molecule has 0 N–H and O–H groups in total. The standard InChI is InChI=1S/C14H14F2Te/c1-11-3-7-13(8-4-11)17(15,16)14-9-5-12(2)6-10-14/h3-10H,1-2H3. The molecule has 0 amide bonds. The molecule has 0 spiro atoms. The van der Waals surface area contributed by atoms with E-state index in [9.17, 15) is 5.78 Å². The van der Waals surface area contributed by atoms with Crippen molar-refractivity contribution < 1.29 is 5.78 Å². The Kier molecular flexibility index (Phi) is 3.51. The zero-order valence-electron chi connectivity index (χ0n) is 9.78. The average molecular weight is 348 g/mol. The minimum absolute atomic E-state index is 0.224. The topological polar surface area (TPSA) is 0 Å². The number of rotatable bonds is 2. The molecule has 0 aromatic heterocycles. The zero-order chi connectivity index (χ0) is 12.5. The van der Waals surface area contributed by atoms with Gasteiger partial charge in [0.1, 0.15) is 0 Å². The summed E-state index contributed by atoms with van der Waals surface area (Å²) in [6.45, 7) is 3.81. The Bertz CT molecular complexity index is 453. The van der Waals surface area contributed by atoms with Crippen LogP contribution in [0.3, 0.4) is 0 Å². The Hall–Kier alpha value is -0.910. The fourth-order valence-electron chi connectivity index (χ4n) is 1.55. The predicted molar refractivity (Wildman–Crippen MR) is 69.6 cm³/mol. The van der Waals surface area contributed by atoms with Gasteiger partial charge in [-0.3, -0.25) is 0 Å². The van der Waals surface area contributed by atoms with Gasteiger partial charge in [0.2, 0.25) is 0 Å². The van der Waals surface area contributed by atoms with E-state index in [2.05, 4.69) is 0 Å². The van der Waals surface area contributed by atoms with Crippen LogP contribution in [0.25, 0.3) is 0 Å². The molecular weight excluding hydrogens is 334 g/mol. The molecule has 17 heavy (non-hydrogen) atoms. The van der Waals surface area contributed by atoms with Crippen molar-refractivity contribution in [2.45, 2.75) is 13.8 Å². The van der Waals surface area contributed by atoms with Crippen molar-refractivity contribution in [3.63, 3.8) is 0 Å². The van der Waals surface area contributed by atoms with Gasteiger partial charge in [0, 0.05) is 0 Å². The molecule has 0 atom stereocenters. The fraction of sp³-hybridized carbons (Fsp3) is 0.143. The van der Waals surface area contributed by atoms with Crippen molar-refractivity contribution in [3.05, 3.63) is 59.7 Å². The predicted octanol–water partition coefficient (Wildman–Crippen LogP) is 2.80. The molecule has 0 aliphatic carbocycles. The van der Waals surface area contributed by atoms with Gasteiger partial charge in [-0.05, 0) is 0 Å². The first-order chi connectivity index (χ1) is 8.00. The third kappa shape index (κ3) is 2.67. The van der Waals surface area contributed by atoms with Crippen LogP contribution in [0.4, 0.5) is 5.78 Å². The summed E-state index contributed by atoms with van der Waals surface area (Å²) in [5, 5.41) is 0. The molecular formula is C14H14F2Te. The van der Waals surface area contributed by atoms with E-state index in [0.717, 1.165) is 11.1 Å². The van der Waals surface area contributed by atoms with Crippen molar-refractivity contribution in [1.29, 1.82) is 0 Å². The molecule has 2 aromatic carbocycles. The summed E-state index contributed by atoms with van der Waals surface area (Å²) < 4.78 is 29.1. The van der Waals surface area contributed by atoms with Gasteiger partial charge >= 0.3 is 106 Å². The van der Waals surface area contributed by atoms with Crippen LogP contribution in [0.5, 0.6) is 0 Å². The quantitative estimate of drug-likeness (QED) is 0.733. The molecule has 0 heterocycles. The first kappa shape index (κ1) is 12.5. The van der Waals surface area contributed by atoms with Crippen LogP contribution in [0, 0.1) is 13.8 Å². The summed E-state index contributed by atoms with van der Waals surface area (Å²) in [7, 11) is 0. The van der Waals surface area contributed by atoms with Crippen LogP contribution in [-0.2, 0) is 0 Å². The van der Waals surface area contributed by atoms with Crippen LogP contribution < -0.4 is 7.22 Å². The van der Waals surface area contributed by atoms with Gasteiger partial charge in [-0.2, -0.15) is 0 Å². The summed E-state index contributed by atoms with van der Waals surface area (Å²) in [4.78, 5) is 0. The number of halogens is 2. The normalized spacial score (nSPS) is 12.5. The summed E-state index contributed by atoms with van der Waals surface area (Å²) in [5.74, 6) is 0. The van der Waals surface area contributed by atoms with Gasteiger partial charge in [-0.1, -0.05) is 0 Å². The average Bonchev–Trinajstić information content (AvgIpc) is 2.30. The Morgan fingerprint density at radius 1 is 0.647 bits per heavy atom. The number of hydrogen-bond donors (Lipinski definition) is 0. The number of benzene rings is 2. The Morgan fingerprint density at radius 2 is 0.941 bits per heavy atom. The molecule has 90 valence electrons. The van der Waals surface area contributed by atoms with Gasteiger partial charge in [-0.25, -0.2) is 0 Å².